The van der Waals surface area contributed by atoms with Gasteiger partial charge in [0.2, 0.25) is 11.8 Å². The van der Waals surface area contributed by atoms with Gasteiger partial charge < -0.3 is 14.6 Å². The third-order valence-electron chi connectivity index (χ3n) is 8.03. The molecule has 2 unspecified atom stereocenters. The molecule has 0 bridgehead atoms. The number of pyridine rings is 2. The number of hydrogen-bond acceptors (Lipinski definition) is 8. The molecule has 1 fully saturated rings. The lowest BCUT2D eigenvalue weighted by Crippen LogP contribution is -2.44. The van der Waals surface area contributed by atoms with E-state index in [1.54, 1.807) is 41.2 Å². The molecule has 12 nitrogen and oxygen atoms in total. The lowest BCUT2D eigenvalue weighted by atomic mass is 10.0. The predicted molar refractivity (Wildman–Crippen MR) is 168 cm³/mol. The fourth-order valence-corrected chi connectivity index (χ4v) is 5.91. The van der Waals surface area contributed by atoms with Crippen molar-refractivity contribution in [3.05, 3.63) is 90.8 Å². The number of hydrogen-bond donors (Lipinski definition) is 1. The van der Waals surface area contributed by atoms with Crippen molar-refractivity contribution in [3.8, 4) is 22.5 Å². The van der Waals surface area contributed by atoms with E-state index >= 15 is 0 Å². The number of carbonyl (C=O) groups excluding carboxylic acids is 3. The molecule has 13 heteroatoms. The number of aryl methyl sites for hydroxylation is 1. The first kappa shape index (κ1) is 28.9. The highest BCUT2D eigenvalue weighted by molar-refractivity contribution is 6.06. The van der Waals surface area contributed by atoms with E-state index in [-0.39, 0.29) is 31.0 Å². The van der Waals surface area contributed by atoms with E-state index in [1.165, 1.54) is 16.5 Å². The SMILES string of the molecule is CC(=O)c1nn(CC(=O)N2CC(F)CC2C(=O)Nc2cc(C)cn3cc(-c4ccccn4)nc23)c2ccc(-c3ccnnc3)cc12. The van der Waals surface area contributed by atoms with Crippen LogP contribution < -0.4 is 5.32 Å². The molecule has 1 aliphatic heterocycles. The number of carbonyl (C=O) groups is 3. The van der Waals surface area contributed by atoms with Crippen LogP contribution in [0.2, 0.25) is 0 Å². The van der Waals surface area contributed by atoms with Gasteiger partial charge >= 0.3 is 0 Å². The van der Waals surface area contributed by atoms with Crippen LogP contribution in [0.25, 0.3) is 39.1 Å². The number of ketones is 1. The third kappa shape index (κ3) is 5.36. The molecule has 1 aromatic carbocycles. The number of anilines is 1. The summed E-state index contributed by atoms with van der Waals surface area (Å²) in [6.07, 6.45) is 7.05. The minimum Gasteiger partial charge on any atom is -0.326 e. The van der Waals surface area contributed by atoms with Crippen molar-refractivity contribution >= 4 is 39.8 Å². The van der Waals surface area contributed by atoms with Crippen molar-refractivity contribution in [3.63, 3.8) is 0 Å². The number of imidazole rings is 1. The first-order valence-electron chi connectivity index (χ1n) is 14.7. The number of halogens is 1. The Kier molecular flexibility index (Phi) is 7.27. The van der Waals surface area contributed by atoms with Gasteiger partial charge in [-0.05, 0) is 54.4 Å². The smallest absolute Gasteiger partial charge is 0.247 e. The van der Waals surface area contributed by atoms with Crippen molar-refractivity contribution in [1.82, 2.24) is 39.2 Å². The molecule has 0 saturated carbocycles. The molecule has 2 amide bonds. The molecular formula is C33H28FN9O3. The Labute approximate surface area is 261 Å². The molecule has 5 aromatic heterocycles. The quantitative estimate of drug-likeness (QED) is 0.262. The zero-order valence-corrected chi connectivity index (χ0v) is 25.0. The van der Waals surface area contributed by atoms with Gasteiger partial charge in [-0.2, -0.15) is 15.3 Å². The zero-order chi connectivity index (χ0) is 31.9. The van der Waals surface area contributed by atoms with E-state index in [0.29, 0.717) is 33.6 Å². The molecule has 6 aromatic rings. The monoisotopic (exact) mass is 617 g/mol. The number of rotatable bonds is 7. The maximum Gasteiger partial charge on any atom is 0.247 e. The molecule has 0 radical (unpaired) electrons. The summed E-state index contributed by atoms with van der Waals surface area (Å²) in [6, 6.07) is 13.5. The van der Waals surface area contributed by atoms with Gasteiger partial charge in [0, 0.05) is 42.9 Å². The Balaban J connectivity index is 1.15. The van der Waals surface area contributed by atoms with Crippen molar-refractivity contribution in [1.29, 1.82) is 0 Å². The number of nitrogens with one attached hydrogen (secondary N) is 1. The van der Waals surface area contributed by atoms with E-state index in [9.17, 15) is 18.8 Å². The Hall–Kier alpha value is -5.85. The van der Waals surface area contributed by atoms with Crippen LogP contribution in [0.3, 0.4) is 0 Å². The normalized spacial score (nSPS) is 16.3. The molecule has 6 heterocycles. The van der Waals surface area contributed by atoms with Gasteiger partial charge in [-0.15, -0.1) is 0 Å². The zero-order valence-electron chi connectivity index (χ0n) is 25.0. The van der Waals surface area contributed by atoms with E-state index in [1.807, 2.05) is 49.6 Å². The summed E-state index contributed by atoms with van der Waals surface area (Å²) >= 11 is 0. The van der Waals surface area contributed by atoms with E-state index in [0.717, 1.165) is 16.7 Å². The number of fused-ring (bicyclic) bond motifs is 2. The van der Waals surface area contributed by atoms with Crippen molar-refractivity contribution in [2.24, 2.45) is 0 Å². The second-order valence-corrected chi connectivity index (χ2v) is 11.3. The standard InChI is InChI=1S/C33H28FN9O3/c1-19-11-26(32-38-27(17-41(32)15-19)25-5-3-4-9-35-25)39-33(46)29-13-23(34)16-42(29)30(45)18-43-28-7-6-21(22-8-10-36-37-14-22)12-24(28)31(40-43)20(2)44/h3-12,14-15,17,23,29H,13,16,18H2,1-2H3,(H,39,46). The summed E-state index contributed by atoms with van der Waals surface area (Å²) in [5.74, 6) is -1.28. The summed E-state index contributed by atoms with van der Waals surface area (Å²) in [5, 5.41) is 15.6. The molecule has 0 aliphatic carbocycles. The highest BCUT2D eigenvalue weighted by Gasteiger charge is 2.40. The molecule has 7 rings (SSSR count). The maximum atomic E-state index is 14.8. The number of amides is 2. The average molecular weight is 618 g/mol. The number of nitrogens with zero attached hydrogens (tertiary/aromatic N) is 8. The molecule has 2 atom stereocenters. The number of alkyl halides is 1. The van der Waals surface area contributed by atoms with Gasteiger partial charge in [0.1, 0.15) is 30.1 Å². The molecular weight excluding hydrogens is 589 g/mol. The molecule has 230 valence electrons. The minimum absolute atomic E-state index is 0.144. The Bertz CT molecular complexity index is 2130. The third-order valence-corrected chi connectivity index (χ3v) is 8.03. The Morgan fingerprint density at radius 2 is 1.87 bits per heavy atom. The van der Waals surface area contributed by atoms with Crippen LogP contribution >= 0.6 is 0 Å². The van der Waals surface area contributed by atoms with E-state index < -0.39 is 24.0 Å². The first-order valence-corrected chi connectivity index (χ1v) is 14.7. The first-order chi connectivity index (χ1) is 22.2. The number of benzene rings is 1. The summed E-state index contributed by atoms with van der Waals surface area (Å²) in [4.78, 5) is 50.1. The predicted octanol–water partition coefficient (Wildman–Crippen LogP) is 4.29. The summed E-state index contributed by atoms with van der Waals surface area (Å²) < 4.78 is 18.1. The van der Waals surface area contributed by atoms with Crippen molar-refractivity contribution < 1.29 is 18.8 Å². The second-order valence-electron chi connectivity index (χ2n) is 11.3. The van der Waals surface area contributed by atoms with Crippen LogP contribution in [-0.2, 0) is 16.1 Å². The van der Waals surface area contributed by atoms with Gasteiger partial charge in [-0.25, -0.2) is 9.37 Å². The van der Waals surface area contributed by atoms with Crippen LogP contribution in [0.4, 0.5) is 10.1 Å². The molecule has 1 aliphatic rings. The number of Topliss-reactive ketones (excluding diaryl/α,β-unsaturated/α-hetero) is 1. The van der Waals surface area contributed by atoms with Gasteiger partial charge in [-0.1, -0.05) is 12.1 Å². The summed E-state index contributed by atoms with van der Waals surface area (Å²) in [6.45, 7) is 2.79. The maximum absolute atomic E-state index is 14.8. The van der Waals surface area contributed by atoms with Crippen molar-refractivity contribution in [2.75, 3.05) is 11.9 Å². The van der Waals surface area contributed by atoms with Crippen LogP contribution in [-0.4, -0.2) is 75.6 Å². The molecule has 0 spiro atoms. The average Bonchev–Trinajstić information content (AvgIpc) is 3.77. The van der Waals surface area contributed by atoms with Gasteiger partial charge in [0.25, 0.3) is 0 Å². The fourth-order valence-electron chi connectivity index (χ4n) is 5.91. The molecule has 1 saturated heterocycles. The lowest BCUT2D eigenvalue weighted by molar-refractivity contribution is -0.137. The highest BCUT2D eigenvalue weighted by atomic mass is 19.1. The van der Waals surface area contributed by atoms with Gasteiger partial charge in [0.05, 0.1) is 35.8 Å². The fraction of sp³-hybridized carbons (Fsp3) is 0.212. The highest BCUT2D eigenvalue weighted by Crippen LogP contribution is 2.29. The summed E-state index contributed by atoms with van der Waals surface area (Å²) in [7, 11) is 0. The van der Waals surface area contributed by atoms with E-state index in [4.69, 9.17) is 0 Å². The molecule has 46 heavy (non-hydrogen) atoms. The van der Waals surface area contributed by atoms with Crippen LogP contribution in [0.1, 0.15) is 29.4 Å². The largest absolute Gasteiger partial charge is 0.326 e. The second kappa shape index (κ2) is 11.6. The van der Waals surface area contributed by atoms with Crippen LogP contribution in [0.5, 0.6) is 0 Å². The van der Waals surface area contributed by atoms with Gasteiger partial charge in [0.15, 0.2) is 11.4 Å². The summed E-state index contributed by atoms with van der Waals surface area (Å²) in [5.41, 5.74) is 5.49. The minimum atomic E-state index is -1.38. The Morgan fingerprint density at radius 3 is 2.63 bits per heavy atom. The van der Waals surface area contributed by atoms with E-state index in [2.05, 4.69) is 30.6 Å². The van der Waals surface area contributed by atoms with Crippen LogP contribution in [0.15, 0.2) is 79.5 Å². The van der Waals surface area contributed by atoms with Crippen LogP contribution in [0, 0.1) is 6.92 Å². The molecule has 1 N–H and O–H groups in total. The number of likely N-dealkylation sites (tertiary alicyclic amines) is 1. The van der Waals surface area contributed by atoms with Gasteiger partial charge in [-0.3, -0.25) is 24.0 Å². The number of aromatic nitrogens is 7. The lowest BCUT2D eigenvalue weighted by Gasteiger charge is -2.24. The Morgan fingerprint density at radius 1 is 1.00 bits per heavy atom. The van der Waals surface area contributed by atoms with Crippen molar-refractivity contribution in [2.45, 2.75) is 39.0 Å². The topological polar surface area (TPSA) is 140 Å².